The van der Waals surface area contributed by atoms with Gasteiger partial charge in [0.05, 0.1) is 19.3 Å². The first-order valence-electron chi connectivity index (χ1n) is 4.97. The van der Waals surface area contributed by atoms with Gasteiger partial charge in [-0.1, -0.05) is 0 Å². The van der Waals surface area contributed by atoms with Gasteiger partial charge in [0.2, 0.25) is 5.91 Å². The van der Waals surface area contributed by atoms with E-state index in [2.05, 4.69) is 10.1 Å². The molecule has 0 spiro atoms. The van der Waals surface area contributed by atoms with Gasteiger partial charge in [0, 0.05) is 7.05 Å². The molecule has 0 radical (unpaired) electrons. The highest BCUT2D eigenvalue weighted by atomic mass is 32.2. The van der Waals surface area contributed by atoms with Gasteiger partial charge in [-0.05, 0) is 24.0 Å². The van der Waals surface area contributed by atoms with Crippen molar-refractivity contribution in [2.24, 2.45) is 5.41 Å². The van der Waals surface area contributed by atoms with Crippen molar-refractivity contribution in [2.75, 3.05) is 25.7 Å². The molecule has 0 unspecified atom stereocenters. The SMILES string of the molecule is CNC(=O)CSCC1(CC(=O)OC)CC1. The Kier molecular flexibility index (Phi) is 4.45. The minimum absolute atomic E-state index is 0.0360. The number of amides is 1. The lowest BCUT2D eigenvalue weighted by molar-refractivity contribution is -0.141. The summed E-state index contributed by atoms with van der Waals surface area (Å²) in [5, 5.41) is 2.57. The molecule has 1 amide bonds. The maximum atomic E-state index is 11.1. The third-order valence-corrected chi connectivity index (χ3v) is 3.91. The zero-order valence-electron chi connectivity index (χ0n) is 9.17. The molecule has 15 heavy (non-hydrogen) atoms. The van der Waals surface area contributed by atoms with Gasteiger partial charge < -0.3 is 10.1 Å². The number of methoxy groups -OCH3 is 1. The second-order valence-corrected chi connectivity index (χ2v) is 4.90. The average molecular weight is 231 g/mol. The van der Waals surface area contributed by atoms with Crippen LogP contribution >= 0.6 is 11.8 Å². The molecule has 5 heteroatoms. The number of nitrogens with one attached hydrogen (secondary N) is 1. The molecular weight excluding hydrogens is 214 g/mol. The summed E-state index contributed by atoms with van der Waals surface area (Å²) in [6, 6.07) is 0. The first kappa shape index (κ1) is 12.4. The third kappa shape index (κ3) is 4.11. The van der Waals surface area contributed by atoms with E-state index in [0.29, 0.717) is 12.2 Å². The zero-order valence-corrected chi connectivity index (χ0v) is 9.99. The summed E-state index contributed by atoms with van der Waals surface area (Å²) in [5.74, 6) is 1.23. The van der Waals surface area contributed by atoms with Gasteiger partial charge in [-0.15, -0.1) is 0 Å². The molecule has 4 nitrogen and oxygen atoms in total. The van der Waals surface area contributed by atoms with Crippen molar-refractivity contribution in [1.82, 2.24) is 5.32 Å². The Morgan fingerprint density at radius 2 is 2.13 bits per heavy atom. The molecule has 0 atom stereocenters. The molecule has 0 aromatic heterocycles. The molecule has 0 bridgehead atoms. The fraction of sp³-hybridized carbons (Fsp3) is 0.800. The highest BCUT2D eigenvalue weighted by molar-refractivity contribution is 7.99. The quantitative estimate of drug-likeness (QED) is 0.687. The van der Waals surface area contributed by atoms with E-state index < -0.39 is 0 Å². The van der Waals surface area contributed by atoms with Crippen LogP contribution in [0.1, 0.15) is 19.3 Å². The molecule has 0 aromatic carbocycles. The topological polar surface area (TPSA) is 55.4 Å². The van der Waals surface area contributed by atoms with Crippen LogP contribution in [-0.4, -0.2) is 37.5 Å². The van der Waals surface area contributed by atoms with Crippen molar-refractivity contribution >= 4 is 23.6 Å². The number of esters is 1. The summed E-state index contributed by atoms with van der Waals surface area (Å²) >= 11 is 1.59. The standard InChI is InChI=1S/C10H17NO3S/c1-11-8(12)6-15-7-10(3-4-10)5-9(13)14-2/h3-7H2,1-2H3,(H,11,12). The molecule has 0 heterocycles. The lowest BCUT2D eigenvalue weighted by atomic mass is 10.1. The van der Waals surface area contributed by atoms with Crippen LogP contribution in [0.3, 0.4) is 0 Å². The number of hydrogen-bond donors (Lipinski definition) is 1. The molecular formula is C10H17NO3S. The van der Waals surface area contributed by atoms with Crippen LogP contribution < -0.4 is 5.32 Å². The second kappa shape index (κ2) is 5.39. The molecule has 1 rings (SSSR count). The van der Waals surface area contributed by atoms with Crippen LogP contribution in [0.2, 0.25) is 0 Å². The first-order valence-corrected chi connectivity index (χ1v) is 6.12. The first-order chi connectivity index (χ1) is 7.12. The Balaban J connectivity index is 2.20. The van der Waals surface area contributed by atoms with Gasteiger partial charge in [0.15, 0.2) is 0 Å². The van der Waals surface area contributed by atoms with Crippen LogP contribution in [0, 0.1) is 5.41 Å². The number of rotatable bonds is 6. The van der Waals surface area contributed by atoms with Crippen molar-refractivity contribution in [2.45, 2.75) is 19.3 Å². The Labute approximate surface area is 94.1 Å². The van der Waals surface area contributed by atoms with E-state index >= 15 is 0 Å². The van der Waals surface area contributed by atoms with Gasteiger partial charge in [-0.3, -0.25) is 9.59 Å². The normalized spacial score (nSPS) is 16.9. The van der Waals surface area contributed by atoms with Crippen molar-refractivity contribution in [3.63, 3.8) is 0 Å². The fourth-order valence-corrected chi connectivity index (χ4v) is 2.62. The van der Waals surface area contributed by atoms with Crippen LogP contribution in [-0.2, 0) is 14.3 Å². The lowest BCUT2D eigenvalue weighted by Gasteiger charge is -2.12. The number of thioether (sulfide) groups is 1. The highest BCUT2D eigenvalue weighted by Gasteiger charge is 2.44. The molecule has 1 N–H and O–H groups in total. The largest absolute Gasteiger partial charge is 0.469 e. The predicted molar refractivity (Wildman–Crippen MR) is 59.7 cm³/mol. The maximum absolute atomic E-state index is 11.1. The van der Waals surface area contributed by atoms with E-state index in [1.165, 1.54) is 7.11 Å². The van der Waals surface area contributed by atoms with Crippen LogP contribution in [0.25, 0.3) is 0 Å². The minimum atomic E-state index is -0.145. The Morgan fingerprint density at radius 1 is 1.47 bits per heavy atom. The van der Waals surface area contributed by atoms with E-state index in [9.17, 15) is 9.59 Å². The highest BCUT2D eigenvalue weighted by Crippen LogP contribution is 2.51. The van der Waals surface area contributed by atoms with Crippen molar-refractivity contribution < 1.29 is 14.3 Å². The predicted octanol–water partition coefficient (Wildman–Crippen LogP) is 0.809. The summed E-state index contributed by atoms with van der Waals surface area (Å²) in [4.78, 5) is 22.1. The summed E-state index contributed by atoms with van der Waals surface area (Å²) < 4.78 is 4.65. The molecule has 1 saturated carbocycles. The Morgan fingerprint density at radius 3 is 2.60 bits per heavy atom. The lowest BCUT2D eigenvalue weighted by Crippen LogP contribution is -2.21. The van der Waals surface area contributed by atoms with Crippen molar-refractivity contribution in [3.05, 3.63) is 0 Å². The van der Waals surface area contributed by atoms with E-state index in [-0.39, 0.29) is 17.3 Å². The van der Waals surface area contributed by atoms with Crippen LogP contribution in [0.15, 0.2) is 0 Å². The van der Waals surface area contributed by atoms with E-state index in [1.54, 1.807) is 18.8 Å². The smallest absolute Gasteiger partial charge is 0.306 e. The van der Waals surface area contributed by atoms with Gasteiger partial charge in [0.25, 0.3) is 0 Å². The number of carbonyl (C=O) groups excluding carboxylic acids is 2. The van der Waals surface area contributed by atoms with Gasteiger partial charge in [-0.2, -0.15) is 11.8 Å². The minimum Gasteiger partial charge on any atom is -0.469 e. The monoisotopic (exact) mass is 231 g/mol. The summed E-state index contributed by atoms with van der Waals surface area (Å²) in [7, 11) is 3.04. The van der Waals surface area contributed by atoms with Crippen molar-refractivity contribution in [3.8, 4) is 0 Å². The van der Waals surface area contributed by atoms with Crippen LogP contribution in [0.5, 0.6) is 0 Å². The number of ether oxygens (including phenoxy) is 1. The number of hydrogen-bond acceptors (Lipinski definition) is 4. The fourth-order valence-electron chi connectivity index (χ4n) is 1.36. The van der Waals surface area contributed by atoms with Crippen LogP contribution in [0.4, 0.5) is 0 Å². The van der Waals surface area contributed by atoms with E-state index in [1.807, 2.05) is 0 Å². The molecule has 0 saturated heterocycles. The molecule has 0 aromatic rings. The number of carbonyl (C=O) groups is 2. The molecule has 1 aliphatic rings. The van der Waals surface area contributed by atoms with Crippen molar-refractivity contribution in [1.29, 1.82) is 0 Å². The Bertz CT molecular complexity index is 251. The van der Waals surface area contributed by atoms with E-state index in [4.69, 9.17) is 0 Å². The maximum Gasteiger partial charge on any atom is 0.306 e. The zero-order chi connectivity index (χ0) is 11.3. The molecule has 0 aliphatic heterocycles. The Hall–Kier alpha value is -0.710. The van der Waals surface area contributed by atoms with Gasteiger partial charge >= 0.3 is 5.97 Å². The second-order valence-electron chi connectivity index (χ2n) is 3.92. The molecule has 86 valence electrons. The third-order valence-electron chi connectivity index (χ3n) is 2.62. The summed E-state index contributed by atoms with van der Waals surface area (Å²) in [6.45, 7) is 0. The average Bonchev–Trinajstić information content (AvgIpc) is 2.97. The van der Waals surface area contributed by atoms with Gasteiger partial charge in [0.1, 0.15) is 0 Å². The summed E-state index contributed by atoms with van der Waals surface area (Å²) in [6.07, 6.45) is 2.63. The molecule has 1 aliphatic carbocycles. The van der Waals surface area contributed by atoms with E-state index in [0.717, 1.165) is 18.6 Å². The van der Waals surface area contributed by atoms with Gasteiger partial charge in [-0.25, -0.2) is 0 Å². The summed E-state index contributed by atoms with van der Waals surface area (Å²) in [5.41, 5.74) is 0.117. The molecule has 1 fully saturated rings.